The zero-order valence-electron chi connectivity index (χ0n) is 7.21. The normalized spacial score (nSPS) is 40.8. The fourth-order valence-corrected chi connectivity index (χ4v) is 2.44. The average Bonchev–Trinajstić information content (AvgIpc) is 2.60. The van der Waals surface area contributed by atoms with Crippen molar-refractivity contribution in [3.05, 3.63) is 0 Å². The average molecular weight is 209 g/mol. The van der Waals surface area contributed by atoms with Gasteiger partial charge in [-0.25, -0.2) is 0 Å². The van der Waals surface area contributed by atoms with Gasteiger partial charge < -0.3 is 10.4 Å². The molecule has 1 heterocycles. The van der Waals surface area contributed by atoms with E-state index in [-0.39, 0.29) is 11.8 Å². The number of hydrogen-bond donors (Lipinski definition) is 2. The third-order valence-corrected chi connectivity index (χ3v) is 3.05. The van der Waals surface area contributed by atoms with Gasteiger partial charge >= 0.3 is 12.1 Å². The Morgan fingerprint density at radius 3 is 2.57 bits per heavy atom. The lowest BCUT2D eigenvalue weighted by Crippen LogP contribution is -2.34. The van der Waals surface area contributed by atoms with Crippen LogP contribution in [0.3, 0.4) is 0 Å². The van der Waals surface area contributed by atoms with Gasteiger partial charge in [-0.3, -0.25) is 4.79 Å². The summed E-state index contributed by atoms with van der Waals surface area (Å²) in [5.41, 5.74) is 0. The minimum Gasteiger partial charge on any atom is -0.481 e. The van der Waals surface area contributed by atoms with Gasteiger partial charge in [0.1, 0.15) is 0 Å². The van der Waals surface area contributed by atoms with Crippen molar-refractivity contribution in [2.75, 3.05) is 6.54 Å². The van der Waals surface area contributed by atoms with Crippen LogP contribution >= 0.6 is 0 Å². The topological polar surface area (TPSA) is 49.3 Å². The number of carboxylic acids is 1. The van der Waals surface area contributed by atoms with E-state index in [0.29, 0.717) is 6.54 Å². The Morgan fingerprint density at radius 2 is 2.14 bits per heavy atom. The van der Waals surface area contributed by atoms with Crippen LogP contribution in [0.1, 0.15) is 6.42 Å². The molecule has 0 radical (unpaired) electrons. The number of halogens is 3. The Bertz CT molecular complexity index is 266. The van der Waals surface area contributed by atoms with Gasteiger partial charge in [-0.05, 0) is 18.4 Å². The van der Waals surface area contributed by atoms with Crippen LogP contribution in [0.4, 0.5) is 13.2 Å². The standard InChI is InChI=1S/C8H10F3NO2/c9-8(10,11)1-4-5-3(2-12-4)6(5)7(13)14/h3-6,12H,1-2H2,(H,13,14). The molecule has 2 aliphatic rings. The number of fused-ring (bicyclic) bond motifs is 1. The Hall–Kier alpha value is -0.780. The van der Waals surface area contributed by atoms with Crippen LogP contribution in [0.5, 0.6) is 0 Å². The van der Waals surface area contributed by atoms with E-state index in [1.807, 2.05) is 0 Å². The summed E-state index contributed by atoms with van der Waals surface area (Å²) in [6.07, 6.45) is -5.13. The molecule has 2 N–H and O–H groups in total. The molecule has 1 saturated carbocycles. The number of carbonyl (C=O) groups is 1. The first-order valence-corrected chi connectivity index (χ1v) is 4.43. The fraction of sp³-hybridized carbons (Fsp3) is 0.875. The van der Waals surface area contributed by atoms with E-state index in [2.05, 4.69) is 5.32 Å². The molecule has 0 aromatic carbocycles. The number of hydrogen-bond acceptors (Lipinski definition) is 2. The summed E-state index contributed by atoms with van der Waals surface area (Å²) in [4.78, 5) is 10.6. The third kappa shape index (κ3) is 1.58. The van der Waals surface area contributed by atoms with Crippen molar-refractivity contribution in [1.29, 1.82) is 0 Å². The molecule has 14 heavy (non-hydrogen) atoms. The summed E-state index contributed by atoms with van der Waals surface area (Å²) in [5, 5.41) is 11.4. The Labute approximate surface area is 78.3 Å². The van der Waals surface area contributed by atoms with Gasteiger partial charge in [0.05, 0.1) is 12.3 Å². The van der Waals surface area contributed by atoms with E-state index in [1.54, 1.807) is 0 Å². The molecule has 0 amide bonds. The smallest absolute Gasteiger partial charge is 0.390 e. The Kier molecular flexibility index (Phi) is 1.99. The highest BCUT2D eigenvalue weighted by Crippen LogP contribution is 2.53. The molecule has 0 aromatic heterocycles. The predicted octanol–water partition coefficient (Wildman–Crippen LogP) is 0.857. The van der Waals surface area contributed by atoms with Crippen LogP contribution in [-0.4, -0.2) is 29.8 Å². The number of alkyl halides is 3. The summed E-state index contributed by atoms with van der Waals surface area (Å²) in [7, 11) is 0. The lowest BCUT2D eigenvalue weighted by Gasteiger charge is -2.16. The van der Waals surface area contributed by atoms with E-state index >= 15 is 0 Å². The lowest BCUT2D eigenvalue weighted by atomic mass is 10.1. The number of rotatable bonds is 2. The molecule has 4 unspecified atom stereocenters. The van der Waals surface area contributed by atoms with Gasteiger partial charge in [-0.1, -0.05) is 0 Å². The van der Waals surface area contributed by atoms with Crippen LogP contribution in [0.15, 0.2) is 0 Å². The maximum atomic E-state index is 12.0. The third-order valence-electron chi connectivity index (χ3n) is 3.05. The van der Waals surface area contributed by atoms with E-state index in [9.17, 15) is 18.0 Å². The molecule has 4 atom stereocenters. The monoisotopic (exact) mass is 209 g/mol. The molecule has 1 aliphatic carbocycles. The summed E-state index contributed by atoms with van der Waals surface area (Å²) in [6.45, 7) is 0.405. The van der Waals surface area contributed by atoms with Crippen LogP contribution in [0.25, 0.3) is 0 Å². The quantitative estimate of drug-likeness (QED) is 0.709. The lowest BCUT2D eigenvalue weighted by molar-refractivity contribution is -0.145. The van der Waals surface area contributed by atoms with Gasteiger partial charge in [0, 0.05) is 6.04 Å². The first-order valence-electron chi connectivity index (χ1n) is 4.43. The van der Waals surface area contributed by atoms with Crippen molar-refractivity contribution in [2.45, 2.75) is 18.6 Å². The maximum absolute atomic E-state index is 12.0. The van der Waals surface area contributed by atoms with E-state index in [1.165, 1.54) is 0 Å². The summed E-state index contributed by atoms with van der Waals surface area (Å²) in [6, 6.07) is -0.693. The second-order valence-electron chi connectivity index (χ2n) is 3.94. The van der Waals surface area contributed by atoms with E-state index in [4.69, 9.17) is 5.11 Å². The number of piperidine rings is 1. The molecule has 0 aromatic rings. The van der Waals surface area contributed by atoms with Gasteiger partial charge in [0.2, 0.25) is 0 Å². The minimum atomic E-state index is -4.21. The van der Waals surface area contributed by atoms with Gasteiger partial charge in [0.25, 0.3) is 0 Å². The minimum absolute atomic E-state index is 0.0835. The second kappa shape index (κ2) is 2.85. The highest BCUT2D eigenvalue weighted by molar-refractivity contribution is 5.75. The molecule has 3 nitrogen and oxygen atoms in total. The van der Waals surface area contributed by atoms with Crippen LogP contribution in [0.2, 0.25) is 0 Å². The molecule has 2 rings (SSSR count). The van der Waals surface area contributed by atoms with Crippen molar-refractivity contribution in [1.82, 2.24) is 5.32 Å². The Morgan fingerprint density at radius 1 is 1.50 bits per heavy atom. The zero-order chi connectivity index (χ0) is 10.5. The van der Waals surface area contributed by atoms with Crippen LogP contribution in [-0.2, 0) is 4.79 Å². The molecule has 0 spiro atoms. The number of carboxylic acid groups (broad SMARTS) is 1. The van der Waals surface area contributed by atoms with E-state index in [0.717, 1.165) is 0 Å². The highest BCUT2D eigenvalue weighted by Gasteiger charge is 2.63. The van der Waals surface area contributed by atoms with Crippen molar-refractivity contribution in [3.63, 3.8) is 0 Å². The Balaban J connectivity index is 1.95. The second-order valence-corrected chi connectivity index (χ2v) is 3.94. The van der Waals surface area contributed by atoms with Crippen molar-refractivity contribution in [3.8, 4) is 0 Å². The van der Waals surface area contributed by atoms with Gasteiger partial charge in [0.15, 0.2) is 0 Å². The van der Waals surface area contributed by atoms with Crippen molar-refractivity contribution >= 4 is 5.97 Å². The SMILES string of the molecule is O=C(O)C1C2CNC(CC(F)(F)F)C21. The fourth-order valence-electron chi connectivity index (χ4n) is 2.44. The number of aliphatic carboxylic acids is 1. The molecule has 0 bridgehead atoms. The molecular weight excluding hydrogens is 199 g/mol. The first kappa shape index (κ1) is 9.76. The first-order chi connectivity index (χ1) is 6.40. The summed E-state index contributed by atoms with van der Waals surface area (Å²) in [5.74, 6) is -1.91. The zero-order valence-corrected chi connectivity index (χ0v) is 7.21. The molecular formula is C8H10F3NO2. The summed E-state index contributed by atoms with van der Waals surface area (Å²) < 4.78 is 36.1. The number of nitrogens with one attached hydrogen (secondary N) is 1. The van der Waals surface area contributed by atoms with Crippen LogP contribution in [0, 0.1) is 17.8 Å². The van der Waals surface area contributed by atoms with Gasteiger partial charge in [-0.2, -0.15) is 13.2 Å². The van der Waals surface area contributed by atoms with Crippen molar-refractivity contribution in [2.24, 2.45) is 17.8 Å². The molecule has 1 saturated heterocycles. The predicted molar refractivity (Wildman–Crippen MR) is 40.6 cm³/mol. The molecule has 1 aliphatic heterocycles. The largest absolute Gasteiger partial charge is 0.481 e. The maximum Gasteiger partial charge on any atom is 0.390 e. The highest BCUT2D eigenvalue weighted by atomic mass is 19.4. The van der Waals surface area contributed by atoms with Gasteiger partial charge in [-0.15, -0.1) is 0 Å². The summed E-state index contributed by atoms with van der Waals surface area (Å²) >= 11 is 0. The van der Waals surface area contributed by atoms with E-state index < -0.39 is 30.5 Å². The van der Waals surface area contributed by atoms with Crippen LogP contribution < -0.4 is 5.32 Å². The van der Waals surface area contributed by atoms with Crippen molar-refractivity contribution < 1.29 is 23.1 Å². The molecule has 2 fully saturated rings. The molecule has 80 valence electrons. The molecule has 6 heteroatoms.